The first-order valence-electron chi connectivity index (χ1n) is 6.61. The lowest BCUT2D eigenvalue weighted by Crippen LogP contribution is -2.35. The third-order valence-corrected chi connectivity index (χ3v) is 3.45. The van der Waals surface area contributed by atoms with E-state index in [9.17, 15) is 0 Å². The normalized spacial score (nSPS) is 20.1. The van der Waals surface area contributed by atoms with Gasteiger partial charge in [0.2, 0.25) is 0 Å². The zero-order valence-corrected chi connectivity index (χ0v) is 10.4. The molecule has 0 amide bonds. The number of hydrogen-bond donors (Lipinski definition) is 1. The first kappa shape index (κ1) is 11.5. The Balaban J connectivity index is 1.52. The monoisotopic (exact) mass is 246 g/mol. The molecule has 1 atom stereocenters. The molecule has 1 fully saturated rings. The van der Waals surface area contributed by atoms with Gasteiger partial charge in [0.05, 0.1) is 6.61 Å². The second-order valence-electron chi connectivity index (χ2n) is 4.77. The van der Waals surface area contributed by atoms with Gasteiger partial charge in [0, 0.05) is 12.1 Å². The molecule has 1 aliphatic heterocycles. The first-order valence-corrected chi connectivity index (χ1v) is 6.61. The molecule has 0 saturated carbocycles. The van der Waals surface area contributed by atoms with E-state index in [0.717, 1.165) is 36.4 Å². The van der Waals surface area contributed by atoms with Crippen LogP contribution in [0, 0.1) is 0 Å². The minimum Gasteiger partial charge on any atom is -0.493 e. The lowest BCUT2D eigenvalue weighted by Gasteiger charge is -2.23. The van der Waals surface area contributed by atoms with Crippen LogP contribution in [0.5, 0.6) is 5.75 Å². The molecule has 2 aromatic rings. The molecule has 1 aromatic heterocycles. The molecule has 1 saturated heterocycles. The highest BCUT2D eigenvalue weighted by Gasteiger charge is 2.12. The summed E-state index contributed by atoms with van der Waals surface area (Å²) in [5, 5.41) is 3.52. The van der Waals surface area contributed by atoms with Gasteiger partial charge in [-0.05, 0) is 37.9 Å². The molecular weight excluding hydrogens is 228 g/mol. The summed E-state index contributed by atoms with van der Waals surface area (Å²) in [6.07, 6.45) is 6.43. The van der Waals surface area contributed by atoms with E-state index >= 15 is 0 Å². The van der Waals surface area contributed by atoms with Crippen LogP contribution in [0.15, 0.2) is 29.0 Å². The second-order valence-corrected chi connectivity index (χ2v) is 4.77. The van der Waals surface area contributed by atoms with Gasteiger partial charge in [0.25, 0.3) is 0 Å². The van der Waals surface area contributed by atoms with Crippen LogP contribution in [0.4, 0.5) is 0 Å². The van der Waals surface area contributed by atoms with E-state index in [-0.39, 0.29) is 0 Å². The minimum absolute atomic E-state index is 0.618. The molecule has 2 heterocycles. The Morgan fingerprint density at radius 3 is 3.28 bits per heavy atom. The van der Waals surface area contributed by atoms with E-state index in [1.165, 1.54) is 25.7 Å². The van der Waals surface area contributed by atoms with Gasteiger partial charge in [-0.3, -0.25) is 0 Å². The number of hydrogen-bond acceptors (Lipinski definition) is 4. The van der Waals surface area contributed by atoms with Crippen molar-refractivity contribution in [1.82, 2.24) is 10.3 Å². The lowest BCUT2D eigenvalue weighted by atomic mass is 10.0. The number of nitrogens with zero attached hydrogens (tertiary/aromatic N) is 1. The highest BCUT2D eigenvalue weighted by molar-refractivity contribution is 5.73. The number of nitrogens with one attached hydrogen (secondary N) is 1. The number of benzene rings is 1. The number of fused-ring (bicyclic) bond motifs is 1. The zero-order valence-electron chi connectivity index (χ0n) is 10.4. The number of ether oxygens (including phenoxy) is 1. The fourth-order valence-electron chi connectivity index (χ4n) is 2.41. The minimum atomic E-state index is 0.618. The van der Waals surface area contributed by atoms with Crippen LogP contribution in [-0.4, -0.2) is 24.2 Å². The third-order valence-electron chi connectivity index (χ3n) is 3.45. The maximum atomic E-state index is 5.76. The van der Waals surface area contributed by atoms with E-state index in [0.29, 0.717) is 6.04 Å². The van der Waals surface area contributed by atoms with E-state index in [2.05, 4.69) is 10.3 Å². The van der Waals surface area contributed by atoms with Crippen LogP contribution in [0.2, 0.25) is 0 Å². The number of oxazole rings is 1. The van der Waals surface area contributed by atoms with Crippen molar-refractivity contribution in [2.75, 3.05) is 13.2 Å². The maximum Gasteiger partial charge on any atom is 0.181 e. The van der Waals surface area contributed by atoms with Gasteiger partial charge in [-0.15, -0.1) is 0 Å². The van der Waals surface area contributed by atoms with E-state index in [1.807, 2.05) is 18.2 Å². The fourth-order valence-corrected chi connectivity index (χ4v) is 2.41. The maximum absolute atomic E-state index is 5.76. The highest BCUT2D eigenvalue weighted by Crippen LogP contribution is 2.20. The molecule has 0 aliphatic carbocycles. The molecular formula is C14H18N2O2. The lowest BCUT2D eigenvalue weighted by molar-refractivity contribution is 0.268. The SMILES string of the molecule is c1nc2ccc(OCCC3CCCCN3)cc2o1. The summed E-state index contributed by atoms with van der Waals surface area (Å²) in [6, 6.07) is 6.38. The standard InChI is InChI=1S/C14H18N2O2/c1-2-7-15-11(3-1)6-8-17-12-4-5-13-14(9-12)18-10-16-13/h4-5,9-11,15H,1-3,6-8H2. The number of aromatic nitrogens is 1. The smallest absolute Gasteiger partial charge is 0.181 e. The summed E-state index contributed by atoms with van der Waals surface area (Å²) >= 11 is 0. The molecule has 1 unspecified atom stereocenters. The largest absolute Gasteiger partial charge is 0.493 e. The van der Waals surface area contributed by atoms with Crippen molar-refractivity contribution in [3.8, 4) is 5.75 Å². The Bertz CT molecular complexity index is 503. The Morgan fingerprint density at radius 1 is 1.39 bits per heavy atom. The van der Waals surface area contributed by atoms with Crippen molar-refractivity contribution in [2.24, 2.45) is 0 Å². The van der Waals surface area contributed by atoms with Crippen molar-refractivity contribution in [3.63, 3.8) is 0 Å². The molecule has 3 rings (SSSR count). The summed E-state index contributed by atoms with van der Waals surface area (Å²) in [6.45, 7) is 1.89. The molecule has 4 heteroatoms. The quantitative estimate of drug-likeness (QED) is 0.901. The van der Waals surface area contributed by atoms with Crippen LogP contribution in [0.1, 0.15) is 25.7 Å². The number of rotatable bonds is 4. The summed E-state index contributed by atoms with van der Waals surface area (Å²) < 4.78 is 11.0. The van der Waals surface area contributed by atoms with Crippen molar-refractivity contribution in [1.29, 1.82) is 0 Å². The Morgan fingerprint density at radius 2 is 2.39 bits per heavy atom. The van der Waals surface area contributed by atoms with E-state index in [1.54, 1.807) is 0 Å². The molecule has 1 N–H and O–H groups in total. The van der Waals surface area contributed by atoms with Gasteiger partial charge in [0.1, 0.15) is 11.3 Å². The van der Waals surface area contributed by atoms with Gasteiger partial charge < -0.3 is 14.5 Å². The van der Waals surface area contributed by atoms with Gasteiger partial charge in [-0.2, -0.15) is 0 Å². The summed E-state index contributed by atoms with van der Waals surface area (Å²) in [5.41, 5.74) is 1.65. The van der Waals surface area contributed by atoms with Gasteiger partial charge in [0.15, 0.2) is 12.0 Å². The second kappa shape index (κ2) is 5.40. The molecule has 4 nitrogen and oxygen atoms in total. The van der Waals surface area contributed by atoms with Crippen molar-refractivity contribution in [3.05, 3.63) is 24.6 Å². The number of piperidine rings is 1. The Labute approximate surface area is 106 Å². The summed E-state index contributed by atoms with van der Waals surface area (Å²) in [5.74, 6) is 0.857. The molecule has 0 bridgehead atoms. The molecule has 1 aromatic carbocycles. The van der Waals surface area contributed by atoms with Crippen LogP contribution in [-0.2, 0) is 0 Å². The molecule has 18 heavy (non-hydrogen) atoms. The molecule has 0 radical (unpaired) electrons. The van der Waals surface area contributed by atoms with E-state index in [4.69, 9.17) is 9.15 Å². The highest BCUT2D eigenvalue weighted by atomic mass is 16.5. The Hall–Kier alpha value is -1.55. The van der Waals surface area contributed by atoms with Crippen LogP contribution < -0.4 is 10.1 Å². The third kappa shape index (κ3) is 2.64. The zero-order chi connectivity index (χ0) is 12.2. The predicted octanol–water partition coefficient (Wildman–Crippen LogP) is 2.74. The Kier molecular flexibility index (Phi) is 3.46. The average Bonchev–Trinajstić information content (AvgIpc) is 2.87. The van der Waals surface area contributed by atoms with Crippen molar-refractivity contribution >= 4 is 11.1 Å². The molecule has 0 spiro atoms. The molecule has 96 valence electrons. The van der Waals surface area contributed by atoms with Crippen LogP contribution in [0.3, 0.4) is 0 Å². The topological polar surface area (TPSA) is 47.3 Å². The van der Waals surface area contributed by atoms with Crippen LogP contribution >= 0.6 is 0 Å². The van der Waals surface area contributed by atoms with Gasteiger partial charge in [-0.25, -0.2) is 4.98 Å². The first-order chi connectivity index (χ1) is 8.92. The molecule has 1 aliphatic rings. The van der Waals surface area contributed by atoms with Crippen molar-refractivity contribution in [2.45, 2.75) is 31.7 Å². The van der Waals surface area contributed by atoms with Crippen molar-refractivity contribution < 1.29 is 9.15 Å². The van der Waals surface area contributed by atoms with Gasteiger partial charge >= 0.3 is 0 Å². The fraction of sp³-hybridized carbons (Fsp3) is 0.500. The van der Waals surface area contributed by atoms with Crippen LogP contribution in [0.25, 0.3) is 11.1 Å². The summed E-state index contributed by atoms with van der Waals surface area (Å²) in [7, 11) is 0. The average molecular weight is 246 g/mol. The predicted molar refractivity (Wildman–Crippen MR) is 69.8 cm³/mol. The summed E-state index contributed by atoms with van der Waals surface area (Å²) in [4.78, 5) is 4.08. The van der Waals surface area contributed by atoms with Gasteiger partial charge in [-0.1, -0.05) is 6.42 Å². The van der Waals surface area contributed by atoms with E-state index < -0.39 is 0 Å².